The lowest BCUT2D eigenvalue weighted by molar-refractivity contribution is -0.137. The van der Waals surface area contributed by atoms with E-state index in [0.29, 0.717) is 36.9 Å². The number of sulfonamides is 1. The van der Waals surface area contributed by atoms with Crippen molar-refractivity contribution in [3.05, 3.63) is 53.2 Å². The molecule has 0 spiro atoms. The summed E-state index contributed by atoms with van der Waals surface area (Å²) in [5, 5.41) is 5.50. The molecule has 1 aromatic carbocycles. The van der Waals surface area contributed by atoms with Gasteiger partial charge in [-0.25, -0.2) is 8.42 Å². The van der Waals surface area contributed by atoms with Gasteiger partial charge < -0.3 is 4.52 Å². The molecule has 0 radical (unpaired) electrons. The first-order valence-electron chi connectivity index (χ1n) is 9.00. The quantitative estimate of drug-likeness (QED) is 0.584. The van der Waals surface area contributed by atoms with Crippen molar-refractivity contribution in [3.63, 3.8) is 0 Å². The lowest BCUT2D eigenvalue weighted by atomic mass is 10.1. The Labute approximate surface area is 174 Å². The van der Waals surface area contributed by atoms with E-state index in [9.17, 15) is 21.6 Å². The Bertz CT molecular complexity index is 1110. The summed E-state index contributed by atoms with van der Waals surface area (Å²) in [4.78, 5) is 6.15. The minimum atomic E-state index is -4.45. The van der Waals surface area contributed by atoms with Gasteiger partial charge in [-0.3, -0.25) is 4.90 Å². The zero-order chi connectivity index (χ0) is 21.4. The molecule has 12 heteroatoms. The molecule has 1 aliphatic heterocycles. The fraction of sp³-hybridized carbons (Fsp3) is 0.333. The number of thiophene rings is 1. The summed E-state index contributed by atoms with van der Waals surface area (Å²) < 4.78 is 70.7. The van der Waals surface area contributed by atoms with Crippen molar-refractivity contribution in [2.45, 2.75) is 16.9 Å². The van der Waals surface area contributed by atoms with Crippen LogP contribution < -0.4 is 0 Å². The van der Waals surface area contributed by atoms with Crippen molar-refractivity contribution in [2.24, 2.45) is 0 Å². The third-order valence-electron chi connectivity index (χ3n) is 4.70. The van der Waals surface area contributed by atoms with Gasteiger partial charge in [0.15, 0.2) is 0 Å². The first kappa shape index (κ1) is 21.0. The van der Waals surface area contributed by atoms with Crippen molar-refractivity contribution in [3.8, 4) is 11.4 Å². The smallest absolute Gasteiger partial charge is 0.338 e. The van der Waals surface area contributed by atoms with Crippen molar-refractivity contribution in [1.82, 2.24) is 19.3 Å². The molecule has 0 atom stereocenters. The summed E-state index contributed by atoms with van der Waals surface area (Å²) in [5.41, 5.74) is -0.568. The van der Waals surface area contributed by atoms with Gasteiger partial charge in [-0.1, -0.05) is 23.4 Å². The predicted molar refractivity (Wildman–Crippen MR) is 103 cm³/mol. The van der Waals surface area contributed by atoms with Crippen LogP contribution in [0.4, 0.5) is 13.2 Å². The summed E-state index contributed by atoms with van der Waals surface area (Å²) in [7, 11) is -3.48. The van der Waals surface area contributed by atoms with Crippen LogP contribution in [-0.2, 0) is 22.7 Å². The summed E-state index contributed by atoms with van der Waals surface area (Å²) in [6.45, 7) is 1.90. The fourth-order valence-corrected chi connectivity index (χ4v) is 5.69. The number of nitrogens with zero attached hydrogens (tertiary/aromatic N) is 4. The van der Waals surface area contributed by atoms with E-state index >= 15 is 0 Å². The second-order valence-electron chi connectivity index (χ2n) is 6.70. The van der Waals surface area contributed by atoms with Crippen LogP contribution in [0.3, 0.4) is 0 Å². The highest BCUT2D eigenvalue weighted by molar-refractivity contribution is 7.91. The van der Waals surface area contributed by atoms with Crippen LogP contribution in [0.15, 0.2) is 50.5 Å². The minimum absolute atomic E-state index is 0.0787. The molecule has 7 nitrogen and oxygen atoms in total. The van der Waals surface area contributed by atoms with Crippen LogP contribution in [0.5, 0.6) is 0 Å². The van der Waals surface area contributed by atoms with Crippen LogP contribution in [0.25, 0.3) is 11.4 Å². The molecular weight excluding hydrogens is 441 g/mol. The van der Waals surface area contributed by atoms with E-state index in [1.807, 2.05) is 4.90 Å². The van der Waals surface area contributed by atoms with Crippen molar-refractivity contribution >= 4 is 21.4 Å². The molecule has 3 heterocycles. The number of hydrogen-bond acceptors (Lipinski definition) is 7. The van der Waals surface area contributed by atoms with E-state index in [4.69, 9.17) is 4.52 Å². The van der Waals surface area contributed by atoms with Gasteiger partial charge in [0.2, 0.25) is 11.7 Å². The van der Waals surface area contributed by atoms with Gasteiger partial charge in [0.05, 0.1) is 12.1 Å². The normalized spacial score (nSPS) is 16.8. The molecule has 4 rings (SSSR count). The zero-order valence-corrected chi connectivity index (χ0v) is 17.2. The maximum atomic E-state index is 12.9. The van der Waals surface area contributed by atoms with Gasteiger partial charge in [0.25, 0.3) is 10.0 Å². The number of halogens is 3. The van der Waals surface area contributed by atoms with Crippen LogP contribution >= 0.6 is 11.3 Å². The Morgan fingerprint density at radius 3 is 2.53 bits per heavy atom. The maximum Gasteiger partial charge on any atom is 0.416 e. The molecule has 0 saturated carbocycles. The van der Waals surface area contributed by atoms with E-state index in [1.54, 1.807) is 17.5 Å². The molecule has 30 heavy (non-hydrogen) atoms. The average molecular weight is 458 g/mol. The van der Waals surface area contributed by atoms with Crippen LogP contribution in [0, 0.1) is 0 Å². The van der Waals surface area contributed by atoms with Crippen molar-refractivity contribution < 1.29 is 26.1 Å². The van der Waals surface area contributed by atoms with Gasteiger partial charge in [-0.2, -0.15) is 22.5 Å². The van der Waals surface area contributed by atoms with E-state index in [1.165, 1.54) is 27.8 Å². The Kier molecular flexibility index (Phi) is 5.66. The number of hydrogen-bond donors (Lipinski definition) is 0. The summed E-state index contributed by atoms with van der Waals surface area (Å²) in [5.74, 6) is 0.340. The van der Waals surface area contributed by atoms with E-state index in [0.717, 1.165) is 12.1 Å². The molecule has 0 amide bonds. The van der Waals surface area contributed by atoms with E-state index in [-0.39, 0.29) is 17.3 Å². The Balaban J connectivity index is 1.39. The topological polar surface area (TPSA) is 79.5 Å². The first-order chi connectivity index (χ1) is 14.2. The molecule has 1 saturated heterocycles. The van der Waals surface area contributed by atoms with Crippen molar-refractivity contribution in [2.75, 3.05) is 26.2 Å². The third-order valence-corrected chi connectivity index (χ3v) is 7.97. The Morgan fingerprint density at radius 1 is 1.10 bits per heavy atom. The number of rotatable bonds is 5. The summed E-state index contributed by atoms with van der Waals surface area (Å²) in [6, 6.07) is 8.02. The van der Waals surface area contributed by atoms with Gasteiger partial charge in [-0.15, -0.1) is 11.3 Å². The number of piperazine rings is 1. The number of benzene rings is 1. The van der Waals surface area contributed by atoms with E-state index in [2.05, 4.69) is 10.1 Å². The fourth-order valence-electron chi connectivity index (χ4n) is 3.13. The first-order valence-corrected chi connectivity index (χ1v) is 11.3. The molecule has 0 N–H and O–H groups in total. The standard InChI is InChI=1S/C18H17F3N4O3S2/c19-18(20,21)14-4-1-3-13(11-14)17-22-15(28-23-17)12-24-6-8-25(9-7-24)30(26,27)16-5-2-10-29-16/h1-5,10-11H,6-9,12H2. The van der Waals surface area contributed by atoms with Gasteiger partial charge in [-0.05, 0) is 23.6 Å². The molecule has 3 aromatic rings. The Hall–Kier alpha value is -2.28. The molecular formula is C18H17F3N4O3S2. The van der Waals surface area contributed by atoms with Crippen LogP contribution in [0.2, 0.25) is 0 Å². The monoisotopic (exact) mass is 458 g/mol. The minimum Gasteiger partial charge on any atom is -0.338 e. The molecule has 2 aromatic heterocycles. The molecule has 0 bridgehead atoms. The second kappa shape index (κ2) is 8.10. The lowest BCUT2D eigenvalue weighted by Gasteiger charge is -2.32. The van der Waals surface area contributed by atoms with Gasteiger partial charge >= 0.3 is 6.18 Å². The number of aromatic nitrogens is 2. The largest absolute Gasteiger partial charge is 0.416 e. The summed E-state index contributed by atoms with van der Waals surface area (Å²) >= 11 is 1.18. The van der Waals surface area contributed by atoms with Crippen LogP contribution in [0.1, 0.15) is 11.5 Å². The second-order valence-corrected chi connectivity index (χ2v) is 9.82. The van der Waals surface area contributed by atoms with E-state index < -0.39 is 21.8 Å². The van der Waals surface area contributed by atoms with Crippen molar-refractivity contribution in [1.29, 1.82) is 0 Å². The molecule has 0 aliphatic carbocycles. The van der Waals surface area contributed by atoms with Crippen LogP contribution in [-0.4, -0.2) is 53.9 Å². The average Bonchev–Trinajstić information content (AvgIpc) is 3.41. The highest BCUT2D eigenvalue weighted by Crippen LogP contribution is 2.31. The SMILES string of the molecule is O=S(=O)(c1cccs1)N1CCN(Cc2nc(-c3cccc(C(F)(F)F)c3)no2)CC1. The summed E-state index contributed by atoms with van der Waals surface area (Å²) in [6.07, 6.45) is -4.45. The Morgan fingerprint density at radius 2 is 1.87 bits per heavy atom. The van der Waals surface area contributed by atoms with Gasteiger partial charge in [0, 0.05) is 31.7 Å². The predicted octanol–water partition coefficient (Wildman–Crippen LogP) is 3.32. The maximum absolute atomic E-state index is 12.9. The van der Waals surface area contributed by atoms with Gasteiger partial charge in [0.1, 0.15) is 4.21 Å². The molecule has 0 unspecified atom stereocenters. The molecule has 1 fully saturated rings. The molecule has 160 valence electrons. The zero-order valence-electron chi connectivity index (χ0n) is 15.5. The highest BCUT2D eigenvalue weighted by atomic mass is 32.2. The highest BCUT2D eigenvalue weighted by Gasteiger charge is 2.31. The molecule has 1 aliphatic rings. The third kappa shape index (κ3) is 4.41. The number of alkyl halides is 3. The lowest BCUT2D eigenvalue weighted by Crippen LogP contribution is -2.48.